The van der Waals surface area contributed by atoms with Crippen molar-refractivity contribution in [2.24, 2.45) is 0 Å². The molecule has 0 bridgehead atoms. The number of rotatable bonds is 4. The van der Waals surface area contributed by atoms with Crippen LogP contribution in [0.1, 0.15) is 5.56 Å². The Morgan fingerprint density at radius 3 is 1.57 bits per heavy atom. The lowest BCUT2D eigenvalue weighted by molar-refractivity contribution is 0.360. The van der Waals surface area contributed by atoms with E-state index in [0.29, 0.717) is 5.56 Å². The van der Waals surface area contributed by atoms with Crippen molar-refractivity contribution in [1.29, 1.82) is 0 Å². The summed E-state index contributed by atoms with van der Waals surface area (Å²) >= 11 is 0. The van der Waals surface area contributed by atoms with Crippen molar-refractivity contribution in [3.05, 3.63) is 84.4 Å². The third-order valence-electron chi connectivity index (χ3n) is 5.09. The number of hydrogen-bond donors (Lipinski definition) is 5. The Kier molecular flexibility index (Phi) is 4.94. The second kappa shape index (κ2) is 7.72. The van der Waals surface area contributed by atoms with Gasteiger partial charge in [0, 0.05) is 16.9 Å². The van der Waals surface area contributed by atoms with E-state index in [4.69, 9.17) is 0 Å². The van der Waals surface area contributed by atoms with Crippen molar-refractivity contribution < 1.29 is 20.4 Å². The van der Waals surface area contributed by atoms with Crippen LogP contribution in [0.2, 0.25) is 0 Å². The van der Waals surface area contributed by atoms with Gasteiger partial charge in [0.1, 0.15) is 5.75 Å². The summed E-state index contributed by atoms with van der Waals surface area (Å²) in [6.45, 7) is 1.46. The first-order chi connectivity index (χ1) is 14.5. The molecule has 0 amide bonds. The summed E-state index contributed by atoms with van der Waals surface area (Å²) < 4.78 is 0. The minimum absolute atomic E-state index is 0.0709. The summed E-state index contributed by atoms with van der Waals surface area (Å²) in [6, 6.07) is 25.3. The standard InChI is InChI=1S/C25H21NO4/c1-15-22(27)21(24(29)25(30)23(15)28)18-9-13-20(14-10-18)26-19-11-7-17(8-12-19)16-5-3-2-4-6-16/h2-14,26-30H,1H3. The monoisotopic (exact) mass is 399 g/mol. The number of aromatic hydroxyl groups is 4. The first-order valence-electron chi connectivity index (χ1n) is 9.45. The number of anilines is 2. The Morgan fingerprint density at radius 1 is 0.500 bits per heavy atom. The molecule has 150 valence electrons. The molecular formula is C25H21NO4. The van der Waals surface area contributed by atoms with Gasteiger partial charge >= 0.3 is 0 Å². The highest BCUT2D eigenvalue weighted by Gasteiger charge is 2.21. The predicted octanol–water partition coefficient (Wildman–Crippen LogP) is 5.90. The Bertz CT molecular complexity index is 1160. The minimum atomic E-state index is -0.652. The summed E-state index contributed by atoms with van der Waals surface area (Å²) in [6.07, 6.45) is 0. The highest BCUT2D eigenvalue weighted by molar-refractivity contribution is 5.84. The number of phenolic OH excluding ortho intramolecular Hbond substituents is 4. The van der Waals surface area contributed by atoms with Gasteiger partial charge in [-0.3, -0.25) is 0 Å². The van der Waals surface area contributed by atoms with Gasteiger partial charge in [0.25, 0.3) is 0 Å². The molecule has 0 atom stereocenters. The van der Waals surface area contributed by atoms with Gasteiger partial charge in [-0.1, -0.05) is 54.6 Å². The van der Waals surface area contributed by atoms with Crippen molar-refractivity contribution in [2.75, 3.05) is 5.32 Å². The molecule has 5 nitrogen and oxygen atoms in total. The molecule has 0 aromatic heterocycles. The second-order valence-corrected chi connectivity index (χ2v) is 7.04. The summed E-state index contributed by atoms with van der Waals surface area (Å²) in [5, 5.41) is 43.4. The molecule has 0 aliphatic rings. The SMILES string of the molecule is Cc1c(O)c(O)c(O)c(-c2ccc(Nc3ccc(-c4ccccc4)cc3)cc2)c1O. The molecule has 5 N–H and O–H groups in total. The van der Waals surface area contributed by atoms with Crippen molar-refractivity contribution in [1.82, 2.24) is 0 Å². The summed E-state index contributed by atoms with van der Waals surface area (Å²) in [5.74, 6) is -2.03. The molecule has 30 heavy (non-hydrogen) atoms. The number of benzene rings is 4. The number of hydrogen-bond acceptors (Lipinski definition) is 5. The van der Waals surface area contributed by atoms with Crippen molar-refractivity contribution in [3.63, 3.8) is 0 Å². The fourth-order valence-corrected chi connectivity index (χ4v) is 3.36. The van der Waals surface area contributed by atoms with Crippen LogP contribution in [0.15, 0.2) is 78.9 Å². The van der Waals surface area contributed by atoms with Crippen LogP contribution in [0.5, 0.6) is 23.0 Å². The first kappa shape index (κ1) is 19.2. The maximum atomic E-state index is 10.3. The fourth-order valence-electron chi connectivity index (χ4n) is 3.36. The minimum Gasteiger partial charge on any atom is -0.507 e. The quantitative estimate of drug-likeness (QED) is 0.218. The molecule has 0 radical (unpaired) electrons. The number of nitrogens with one attached hydrogen (secondary N) is 1. The molecule has 0 heterocycles. The smallest absolute Gasteiger partial charge is 0.201 e. The molecule has 0 fully saturated rings. The van der Waals surface area contributed by atoms with E-state index in [0.717, 1.165) is 22.5 Å². The lowest BCUT2D eigenvalue weighted by Gasteiger charge is -2.14. The van der Waals surface area contributed by atoms with Crippen LogP contribution in [-0.2, 0) is 0 Å². The van der Waals surface area contributed by atoms with E-state index in [1.165, 1.54) is 6.92 Å². The maximum Gasteiger partial charge on any atom is 0.201 e. The Balaban J connectivity index is 1.57. The van der Waals surface area contributed by atoms with E-state index in [1.807, 2.05) is 42.5 Å². The van der Waals surface area contributed by atoms with Crippen LogP contribution in [0.3, 0.4) is 0 Å². The van der Waals surface area contributed by atoms with E-state index in [1.54, 1.807) is 24.3 Å². The molecule has 0 aliphatic heterocycles. The predicted molar refractivity (Wildman–Crippen MR) is 118 cm³/mol. The first-order valence-corrected chi connectivity index (χ1v) is 9.45. The molecule has 5 heteroatoms. The molecule has 0 saturated heterocycles. The third-order valence-corrected chi connectivity index (χ3v) is 5.09. The van der Waals surface area contributed by atoms with E-state index in [2.05, 4.69) is 17.4 Å². The molecule has 0 spiro atoms. The molecule has 0 saturated carbocycles. The average Bonchev–Trinajstić information content (AvgIpc) is 2.79. The zero-order valence-electron chi connectivity index (χ0n) is 16.3. The van der Waals surface area contributed by atoms with Gasteiger partial charge in [-0.2, -0.15) is 0 Å². The zero-order chi connectivity index (χ0) is 21.3. The van der Waals surface area contributed by atoms with Gasteiger partial charge in [-0.05, 0) is 47.9 Å². The third kappa shape index (κ3) is 3.49. The van der Waals surface area contributed by atoms with Crippen LogP contribution in [0, 0.1) is 6.92 Å². The Morgan fingerprint density at radius 2 is 1.00 bits per heavy atom. The average molecular weight is 399 g/mol. The van der Waals surface area contributed by atoms with Crippen molar-refractivity contribution in [3.8, 4) is 45.3 Å². The van der Waals surface area contributed by atoms with Crippen molar-refractivity contribution >= 4 is 11.4 Å². The van der Waals surface area contributed by atoms with Gasteiger partial charge in [0.2, 0.25) is 5.75 Å². The molecule has 4 rings (SSSR count). The number of phenols is 4. The zero-order valence-corrected chi connectivity index (χ0v) is 16.3. The largest absolute Gasteiger partial charge is 0.507 e. The van der Waals surface area contributed by atoms with Crippen LogP contribution < -0.4 is 5.32 Å². The van der Waals surface area contributed by atoms with Gasteiger partial charge in [-0.15, -0.1) is 0 Å². The lowest BCUT2D eigenvalue weighted by Crippen LogP contribution is -1.91. The van der Waals surface area contributed by atoms with Crippen LogP contribution in [0.25, 0.3) is 22.3 Å². The lowest BCUT2D eigenvalue weighted by atomic mass is 9.99. The van der Waals surface area contributed by atoms with E-state index in [-0.39, 0.29) is 16.9 Å². The van der Waals surface area contributed by atoms with Crippen LogP contribution in [-0.4, -0.2) is 20.4 Å². The fraction of sp³-hybridized carbons (Fsp3) is 0.0400. The highest BCUT2D eigenvalue weighted by atomic mass is 16.3. The molecule has 4 aromatic carbocycles. The van der Waals surface area contributed by atoms with Gasteiger partial charge in [-0.25, -0.2) is 0 Å². The van der Waals surface area contributed by atoms with E-state index < -0.39 is 17.2 Å². The molecular weight excluding hydrogens is 378 g/mol. The molecule has 0 unspecified atom stereocenters. The van der Waals surface area contributed by atoms with Gasteiger partial charge in [0.05, 0.1) is 5.56 Å². The maximum absolute atomic E-state index is 10.3. The Labute approximate surface area is 174 Å². The second-order valence-electron chi connectivity index (χ2n) is 7.04. The summed E-state index contributed by atoms with van der Waals surface area (Å²) in [7, 11) is 0. The van der Waals surface area contributed by atoms with Gasteiger partial charge < -0.3 is 25.7 Å². The Hall–Kier alpha value is -4.12. The van der Waals surface area contributed by atoms with Crippen molar-refractivity contribution in [2.45, 2.75) is 6.92 Å². The van der Waals surface area contributed by atoms with E-state index in [9.17, 15) is 20.4 Å². The van der Waals surface area contributed by atoms with E-state index >= 15 is 0 Å². The van der Waals surface area contributed by atoms with Crippen LogP contribution >= 0.6 is 0 Å². The topological polar surface area (TPSA) is 93.0 Å². The molecule has 0 aliphatic carbocycles. The molecule has 4 aromatic rings. The summed E-state index contributed by atoms with van der Waals surface area (Å²) in [5.41, 5.74) is 4.71. The van der Waals surface area contributed by atoms with Gasteiger partial charge in [0.15, 0.2) is 11.5 Å². The summed E-state index contributed by atoms with van der Waals surface area (Å²) in [4.78, 5) is 0. The highest BCUT2D eigenvalue weighted by Crippen LogP contribution is 2.50. The van der Waals surface area contributed by atoms with Crippen LogP contribution in [0.4, 0.5) is 11.4 Å². The normalized spacial score (nSPS) is 10.7.